The molecule has 3 rings (SSSR count). The van der Waals surface area contributed by atoms with Gasteiger partial charge in [0.15, 0.2) is 5.13 Å². The number of carbonyl (C=O) groups excluding carboxylic acids is 1. The van der Waals surface area contributed by atoms with E-state index in [9.17, 15) is 13.2 Å². The van der Waals surface area contributed by atoms with Crippen LogP contribution in [0, 0.1) is 0 Å². The Morgan fingerprint density at radius 2 is 2.08 bits per heavy atom. The highest BCUT2D eigenvalue weighted by molar-refractivity contribution is 7.88. The summed E-state index contributed by atoms with van der Waals surface area (Å²) in [6, 6.07) is 6.88. The minimum Gasteiger partial charge on any atom is -0.494 e. The summed E-state index contributed by atoms with van der Waals surface area (Å²) < 4.78 is 30.1. The highest BCUT2D eigenvalue weighted by Crippen LogP contribution is 2.29. The molecule has 2 heterocycles. The predicted octanol–water partition coefficient (Wildman–Crippen LogP) is 2.11. The van der Waals surface area contributed by atoms with Crippen LogP contribution in [0.3, 0.4) is 0 Å². The Kier molecular flexibility index (Phi) is 5.07. The van der Waals surface area contributed by atoms with Crippen LogP contribution in [-0.2, 0) is 23.0 Å². The number of hydrogen-bond donors (Lipinski definition) is 1. The van der Waals surface area contributed by atoms with Gasteiger partial charge in [-0.05, 0) is 31.2 Å². The van der Waals surface area contributed by atoms with Crippen LogP contribution in [0.15, 0.2) is 24.3 Å². The summed E-state index contributed by atoms with van der Waals surface area (Å²) in [5, 5.41) is 3.27. The van der Waals surface area contributed by atoms with Gasteiger partial charge >= 0.3 is 0 Å². The predicted molar refractivity (Wildman–Crippen MR) is 96.6 cm³/mol. The van der Waals surface area contributed by atoms with Gasteiger partial charge in [-0.25, -0.2) is 13.4 Å². The molecule has 25 heavy (non-hydrogen) atoms. The number of carbonyl (C=O) groups is 1. The van der Waals surface area contributed by atoms with Crippen LogP contribution < -0.4 is 10.1 Å². The number of thiazole rings is 1. The van der Waals surface area contributed by atoms with E-state index in [1.807, 2.05) is 6.92 Å². The van der Waals surface area contributed by atoms with E-state index in [0.717, 1.165) is 10.6 Å². The number of sulfonamides is 1. The SMILES string of the molecule is CCOc1ccc(C(=O)Nc2nc3c(s2)CN(S(C)(=O)=O)CC3)cc1. The first-order valence-corrected chi connectivity index (χ1v) is 10.5. The number of hydrogen-bond acceptors (Lipinski definition) is 6. The van der Waals surface area contributed by atoms with E-state index >= 15 is 0 Å². The number of nitrogens with one attached hydrogen (secondary N) is 1. The molecule has 1 aliphatic heterocycles. The third-order valence-electron chi connectivity index (χ3n) is 3.81. The second-order valence-electron chi connectivity index (χ2n) is 5.65. The maximum Gasteiger partial charge on any atom is 0.257 e. The van der Waals surface area contributed by atoms with E-state index in [1.165, 1.54) is 21.9 Å². The van der Waals surface area contributed by atoms with Gasteiger partial charge in [0, 0.05) is 30.0 Å². The molecule has 1 aromatic heterocycles. The van der Waals surface area contributed by atoms with Gasteiger partial charge in [-0.2, -0.15) is 4.31 Å². The fourth-order valence-electron chi connectivity index (χ4n) is 2.55. The summed E-state index contributed by atoms with van der Waals surface area (Å²) >= 11 is 1.32. The Balaban J connectivity index is 1.70. The van der Waals surface area contributed by atoms with Crippen molar-refractivity contribution in [2.24, 2.45) is 0 Å². The summed E-state index contributed by atoms with van der Waals surface area (Å²) in [6.07, 6.45) is 1.76. The lowest BCUT2D eigenvalue weighted by Crippen LogP contribution is -2.34. The van der Waals surface area contributed by atoms with Gasteiger partial charge in [0.2, 0.25) is 10.0 Å². The number of benzene rings is 1. The van der Waals surface area contributed by atoms with Crippen molar-refractivity contribution in [1.82, 2.24) is 9.29 Å². The minimum absolute atomic E-state index is 0.255. The second kappa shape index (κ2) is 7.11. The summed E-state index contributed by atoms with van der Waals surface area (Å²) in [5.74, 6) is 0.457. The van der Waals surface area contributed by atoms with Gasteiger partial charge in [0.25, 0.3) is 5.91 Å². The number of fused-ring (bicyclic) bond motifs is 1. The number of nitrogens with zero attached hydrogens (tertiary/aromatic N) is 2. The fourth-order valence-corrected chi connectivity index (χ4v) is 4.43. The molecule has 0 atom stereocenters. The molecule has 0 fully saturated rings. The Morgan fingerprint density at radius 3 is 2.72 bits per heavy atom. The van der Waals surface area contributed by atoms with Crippen LogP contribution in [0.1, 0.15) is 27.9 Å². The fraction of sp³-hybridized carbons (Fsp3) is 0.375. The molecular weight excluding hydrogens is 362 g/mol. The molecule has 0 saturated carbocycles. The summed E-state index contributed by atoms with van der Waals surface area (Å²) in [5.41, 5.74) is 1.36. The molecule has 134 valence electrons. The highest BCUT2D eigenvalue weighted by atomic mass is 32.2. The number of aromatic nitrogens is 1. The van der Waals surface area contributed by atoms with Crippen LogP contribution in [0.25, 0.3) is 0 Å². The van der Waals surface area contributed by atoms with E-state index < -0.39 is 10.0 Å². The molecule has 0 radical (unpaired) electrons. The van der Waals surface area contributed by atoms with Gasteiger partial charge in [-0.15, -0.1) is 11.3 Å². The van der Waals surface area contributed by atoms with E-state index in [2.05, 4.69) is 10.3 Å². The first-order chi connectivity index (χ1) is 11.9. The van der Waals surface area contributed by atoms with Gasteiger partial charge in [0.1, 0.15) is 5.75 Å². The first kappa shape index (κ1) is 17.8. The summed E-state index contributed by atoms with van der Waals surface area (Å²) in [6.45, 7) is 3.20. The van der Waals surface area contributed by atoms with Crippen LogP contribution in [0.2, 0.25) is 0 Å². The molecule has 1 aliphatic rings. The quantitative estimate of drug-likeness (QED) is 0.857. The number of amides is 1. The van der Waals surface area contributed by atoms with E-state index in [4.69, 9.17) is 4.74 Å². The lowest BCUT2D eigenvalue weighted by molar-refractivity contribution is 0.102. The molecule has 7 nitrogen and oxygen atoms in total. The van der Waals surface area contributed by atoms with E-state index in [-0.39, 0.29) is 5.91 Å². The highest BCUT2D eigenvalue weighted by Gasteiger charge is 2.26. The molecular formula is C16H19N3O4S2. The van der Waals surface area contributed by atoms with Crippen LogP contribution >= 0.6 is 11.3 Å². The van der Waals surface area contributed by atoms with E-state index in [1.54, 1.807) is 24.3 Å². The lowest BCUT2D eigenvalue weighted by Gasteiger charge is -2.23. The topological polar surface area (TPSA) is 88.6 Å². The average molecular weight is 381 g/mol. The van der Waals surface area contributed by atoms with Gasteiger partial charge in [0.05, 0.1) is 18.6 Å². The van der Waals surface area contributed by atoms with Gasteiger partial charge in [-0.1, -0.05) is 0 Å². The van der Waals surface area contributed by atoms with E-state index in [0.29, 0.717) is 42.6 Å². The third kappa shape index (κ3) is 4.17. The maximum absolute atomic E-state index is 12.3. The first-order valence-electron chi connectivity index (χ1n) is 7.84. The van der Waals surface area contributed by atoms with Crippen molar-refractivity contribution < 1.29 is 17.9 Å². The molecule has 1 aromatic carbocycles. The van der Waals surface area contributed by atoms with Crippen molar-refractivity contribution in [1.29, 1.82) is 0 Å². The standard InChI is InChI=1S/C16H19N3O4S2/c1-3-23-12-6-4-11(5-7-12)15(20)18-16-17-13-8-9-19(25(2,21)22)10-14(13)24-16/h4-7H,3,8-10H2,1-2H3,(H,17,18,20). The second-order valence-corrected chi connectivity index (χ2v) is 8.71. The third-order valence-corrected chi connectivity index (χ3v) is 6.06. The van der Waals surface area contributed by atoms with Crippen molar-refractivity contribution >= 4 is 32.4 Å². The summed E-state index contributed by atoms with van der Waals surface area (Å²) in [4.78, 5) is 17.6. The van der Waals surface area contributed by atoms with Gasteiger partial charge < -0.3 is 4.74 Å². The largest absolute Gasteiger partial charge is 0.494 e. The summed E-state index contributed by atoms with van der Waals surface area (Å²) in [7, 11) is -3.22. The van der Waals surface area contributed by atoms with Crippen molar-refractivity contribution in [3.8, 4) is 5.75 Å². The Bertz CT molecular complexity index is 875. The zero-order valence-electron chi connectivity index (χ0n) is 14.0. The molecule has 1 N–H and O–H groups in total. The molecule has 9 heteroatoms. The lowest BCUT2D eigenvalue weighted by atomic mass is 10.2. The zero-order valence-corrected chi connectivity index (χ0v) is 15.6. The minimum atomic E-state index is -3.22. The van der Waals surface area contributed by atoms with Gasteiger partial charge in [-0.3, -0.25) is 10.1 Å². The van der Waals surface area contributed by atoms with Crippen LogP contribution in [0.4, 0.5) is 5.13 Å². The maximum atomic E-state index is 12.3. The molecule has 1 amide bonds. The molecule has 0 aliphatic carbocycles. The average Bonchev–Trinajstić information content (AvgIpc) is 2.96. The smallest absolute Gasteiger partial charge is 0.257 e. The Labute approximate surface area is 150 Å². The number of anilines is 1. The van der Waals surface area contributed by atoms with Crippen LogP contribution in [-0.4, -0.2) is 43.0 Å². The molecule has 0 spiro atoms. The Hall–Kier alpha value is -1.97. The number of rotatable bonds is 5. The zero-order chi connectivity index (χ0) is 18.0. The normalized spacial score (nSPS) is 14.8. The van der Waals surface area contributed by atoms with Crippen molar-refractivity contribution in [3.63, 3.8) is 0 Å². The molecule has 0 bridgehead atoms. The molecule has 2 aromatic rings. The van der Waals surface area contributed by atoms with Crippen molar-refractivity contribution in [2.75, 3.05) is 24.7 Å². The monoisotopic (exact) mass is 381 g/mol. The van der Waals surface area contributed by atoms with Crippen molar-refractivity contribution in [3.05, 3.63) is 40.4 Å². The molecule has 0 saturated heterocycles. The van der Waals surface area contributed by atoms with Crippen LogP contribution in [0.5, 0.6) is 5.75 Å². The van der Waals surface area contributed by atoms with Crippen molar-refractivity contribution in [2.45, 2.75) is 19.9 Å². The Morgan fingerprint density at radius 1 is 1.36 bits per heavy atom. The molecule has 0 unspecified atom stereocenters. The number of ether oxygens (including phenoxy) is 1.